The molecule has 1 aliphatic heterocycles. The lowest BCUT2D eigenvalue weighted by Gasteiger charge is -2.26. The third-order valence-corrected chi connectivity index (χ3v) is 12.6. The molecule has 0 aromatic heterocycles. The van der Waals surface area contributed by atoms with Crippen LogP contribution in [0.2, 0.25) is 0 Å². The van der Waals surface area contributed by atoms with Crippen molar-refractivity contribution in [1.29, 1.82) is 0 Å². The van der Waals surface area contributed by atoms with Crippen LogP contribution in [0.1, 0.15) is 11.5 Å². The summed E-state index contributed by atoms with van der Waals surface area (Å²) in [5.41, 5.74) is 11.6. The molecule has 60 heavy (non-hydrogen) atoms. The SMILES string of the molecule is C1=CC2Oc3c(-c4ccc(N(c5ccc(-c6cc7ccccc7c7ccccc67)cc5)c5ccc(-c6cc7ccccc7c7ccccc67)cc5)cc4)cccc3C2C=C1. The zero-order valence-corrected chi connectivity index (χ0v) is 32.9. The second-order valence-corrected chi connectivity index (χ2v) is 16.0. The van der Waals surface area contributed by atoms with Gasteiger partial charge in [0.2, 0.25) is 0 Å². The highest BCUT2D eigenvalue weighted by atomic mass is 16.5. The Morgan fingerprint density at radius 3 is 1.30 bits per heavy atom. The highest BCUT2D eigenvalue weighted by Crippen LogP contribution is 2.47. The fourth-order valence-electron chi connectivity index (χ4n) is 9.70. The molecular formula is C58H39NO. The Morgan fingerprint density at radius 1 is 0.350 bits per heavy atom. The molecule has 2 unspecified atom stereocenters. The number of benzene rings is 10. The zero-order valence-electron chi connectivity index (χ0n) is 32.9. The van der Waals surface area contributed by atoms with Gasteiger partial charge in [-0.05, 0) is 126 Å². The fourth-order valence-corrected chi connectivity index (χ4v) is 9.70. The maximum atomic E-state index is 6.56. The van der Waals surface area contributed by atoms with Crippen molar-refractivity contribution in [2.24, 2.45) is 0 Å². The number of hydrogen-bond acceptors (Lipinski definition) is 2. The van der Waals surface area contributed by atoms with Gasteiger partial charge in [-0.2, -0.15) is 0 Å². The van der Waals surface area contributed by atoms with E-state index in [0.29, 0.717) is 0 Å². The maximum absolute atomic E-state index is 6.56. The van der Waals surface area contributed by atoms with E-state index in [1.54, 1.807) is 0 Å². The summed E-state index contributed by atoms with van der Waals surface area (Å²) < 4.78 is 6.56. The Balaban J connectivity index is 0.959. The lowest BCUT2D eigenvalue weighted by atomic mass is 9.90. The first-order chi connectivity index (χ1) is 29.7. The van der Waals surface area contributed by atoms with Crippen LogP contribution in [0.5, 0.6) is 5.75 Å². The minimum absolute atomic E-state index is 0.0482. The van der Waals surface area contributed by atoms with Gasteiger partial charge in [-0.3, -0.25) is 0 Å². The number of rotatable bonds is 6. The van der Waals surface area contributed by atoms with Crippen LogP contribution in [0.25, 0.3) is 76.5 Å². The first kappa shape index (κ1) is 34.4. The number of anilines is 3. The van der Waals surface area contributed by atoms with Gasteiger partial charge < -0.3 is 9.64 Å². The van der Waals surface area contributed by atoms with Crippen molar-refractivity contribution in [2.45, 2.75) is 12.0 Å². The Labute approximate surface area is 349 Å². The third-order valence-electron chi connectivity index (χ3n) is 12.6. The van der Waals surface area contributed by atoms with Crippen molar-refractivity contribution in [3.05, 3.63) is 230 Å². The van der Waals surface area contributed by atoms with E-state index in [9.17, 15) is 0 Å². The average Bonchev–Trinajstić information content (AvgIpc) is 3.71. The van der Waals surface area contributed by atoms with Gasteiger partial charge >= 0.3 is 0 Å². The van der Waals surface area contributed by atoms with Gasteiger partial charge in [-0.25, -0.2) is 0 Å². The van der Waals surface area contributed by atoms with Gasteiger partial charge in [0, 0.05) is 34.1 Å². The molecule has 2 atom stereocenters. The highest BCUT2D eigenvalue weighted by molar-refractivity contribution is 6.15. The monoisotopic (exact) mass is 765 g/mol. The van der Waals surface area contributed by atoms with Crippen LogP contribution < -0.4 is 9.64 Å². The molecule has 10 aromatic rings. The molecule has 0 radical (unpaired) electrons. The first-order valence-corrected chi connectivity index (χ1v) is 20.8. The lowest BCUT2D eigenvalue weighted by Crippen LogP contribution is -2.15. The molecule has 0 spiro atoms. The van der Waals surface area contributed by atoms with Crippen LogP contribution in [0.4, 0.5) is 17.1 Å². The van der Waals surface area contributed by atoms with Gasteiger partial charge in [0.15, 0.2) is 0 Å². The maximum Gasteiger partial charge on any atom is 0.132 e. The molecule has 1 heterocycles. The second kappa shape index (κ2) is 14.0. The molecule has 0 N–H and O–H groups in total. The largest absolute Gasteiger partial charge is 0.484 e. The quantitative estimate of drug-likeness (QED) is 0.156. The van der Waals surface area contributed by atoms with Crippen LogP contribution in [0.3, 0.4) is 0 Å². The van der Waals surface area contributed by atoms with E-state index < -0.39 is 0 Å². The van der Waals surface area contributed by atoms with Crippen LogP contribution in [0, 0.1) is 0 Å². The number of fused-ring (bicyclic) bond motifs is 9. The molecule has 0 amide bonds. The van der Waals surface area contributed by atoms with Crippen LogP contribution >= 0.6 is 0 Å². The van der Waals surface area contributed by atoms with Crippen molar-refractivity contribution in [2.75, 3.05) is 4.90 Å². The van der Waals surface area contributed by atoms with Crippen molar-refractivity contribution >= 4 is 60.2 Å². The molecule has 1 aliphatic carbocycles. The van der Waals surface area contributed by atoms with E-state index >= 15 is 0 Å². The van der Waals surface area contributed by atoms with E-state index in [4.69, 9.17) is 4.74 Å². The normalized spacial score (nSPS) is 15.3. The Bertz CT molecular complexity index is 3180. The van der Waals surface area contributed by atoms with Gasteiger partial charge in [0.05, 0.1) is 0 Å². The zero-order chi connectivity index (χ0) is 39.6. The van der Waals surface area contributed by atoms with E-state index in [2.05, 4.69) is 229 Å². The summed E-state index contributed by atoms with van der Waals surface area (Å²) in [7, 11) is 0. The molecule has 2 aliphatic rings. The average molecular weight is 766 g/mol. The summed E-state index contributed by atoms with van der Waals surface area (Å²) in [6, 6.07) is 73.2. The number of hydrogen-bond donors (Lipinski definition) is 0. The summed E-state index contributed by atoms with van der Waals surface area (Å²) in [4.78, 5) is 2.37. The smallest absolute Gasteiger partial charge is 0.132 e. The van der Waals surface area contributed by atoms with Crippen molar-refractivity contribution in [1.82, 2.24) is 0 Å². The highest BCUT2D eigenvalue weighted by Gasteiger charge is 2.33. The predicted octanol–water partition coefficient (Wildman–Crippen LogP) is 15.7. The van der Waals surface area contributed by atoms with Crippen molar-refractivity contribution in [3.8, 4) is 39.1 Å². The molecule has 2 nitrogen and oxygen atoms in total. The minimum atomic E-state index is 0.0482. The molecule has 0 fully saturated rings. The number of ether oxygens (including phenoxy) is 1. The van der Waals surface area contributed by atoms with Crippen molar-refractivity contribution < 1.29 is 4.74 Å². The molecular weight excluding hydrogens is 727 g/mol. The van der Waals surface area contributed by atoms with Gasteiger partial charge in [-0.15, -0.1) is 0 Å². The number of nitrogens with zero attached hydrogens (tertiary/aromatic N) is 1. The Hall–Kier alpha value is -7.68. The molecule has 2 heteroatoms. The lowest BCUT2D eigenvalue weighted by molar-refractivity contribution is 0.270. The van der Waals surface area contributed by atoms with Gasteiger partial charge in [0.25, 0.3) is 0 Å². The second-order valence-electron chi connectivity index (χ2n) is 16.0. The summed E-state index contributed by atoms with van der Waals surface area (Å²) in [5.74, 6) is 1.24. The summed E-state index contributed by atoms with van der Waals surface area (Å²) in [6.45, 7) is 0. The van der Waals surface area contributed by atoms with Gasteiger partial charge in [-0.1, -0.05) is 170 Å². The molecule has 282 valence electrons. The molecule has 12 rings (SSSR count). The molecule has 0 saturated carbocycles. The molecule has 10 aromatic carbocycles. The topological polar surface area (TPSA) is 12.5 Å². The van der Waals surface area contributed by atoms with E-state index in [-0.39, 0.29) is 12.0 Å². The summed E-state index contributed by atoms with van der Waals surface area (Å²) >= 11 is 0. The standard InChI is InChI=1S/C58H39NO/c1-3-14-46-41(12-1)36-55(51-18-7-5-16-49(46)51)39-26-32-44(33-27-39)59(43-30-24-38(25-31-43)48-21-11-22-54-53-20-9-10-23-57(53)60-58(48)54)45-34-28-40(29-35-45)56-37-42-13-2-4-15-47(42)50-17-6-8-19-52(50)56/h1-37,53,57H. The summed E-state index contributed by atoms with van der Waals surface area (Å²) in [6.07, 6.45) is 8.68. The van der Waals surface area contributed by atoms with Crippen LogP contribution in [-0.2, 0) is 0 Å². The predicted molar refractivity (Wildman–Crippen MR) is 253 cm³/mol. The Kier molecular flexibility index (Phi) is 8.02. The van der Waals surface area contributed by atoms with Crippen molar-refractivity contribution in [3.63, 3.8) is 0 Å². The van der Waals surface area contributed by atoms with Crippen LogP contribution in [-0.4, -0.2) is 6.10 Å². The van der Waals surface area contributed by atoms with Crippen LogP contribution in [0.15, 0.2) is 224 Å². The van der Waals surface area contributed by atoms with E-state index in [1.165, 1.54) is 70.9 Å². The fraction of sp³-hybridized carbons (Fsp3) is 0.0345. The van der Waals surface area contributed by atoms with E-state index in [0.717, 1.165) is 33.9 Å². The third kappa shape index (κ3) is 5.64. The molecule has 0 bridgehead atoms. The molecule has 0 saturated heterocycles. The van der Waals surface area contributed by atoms with E-state index in [1.807, 2.05) is 0 Å². The Morgan fingerprint density at radius 2 is 0.783 bits per heavy atom. The van der Waals surface area contributed by atoms with Gasteiger partial charge in [0.1, 0.15) is 11.9 Å². The number of allylic oxidation sites excluding steroid dienone is 2. The minimum Gasteiger partial charge on any atom is -0.484 e. The number of para-hydroxylation sites is 1. The first-order valence-electron chi connectivity index (χ1n) is 20.8. The summed E-state index contributed by atoms with van der Waals surface area (Å²) in [5, 5.41) is 10.1.